The minimum Gasteiger partial charge on any atom is -0.348 e. The lowest BCUT2D eigenvalue weighted by Gasteiger charge is -2.34. The van der Waals surface area contributed by atoms with Crippen LogP contribution in [0, 0.1) is 5.41 Å². The molecule has 0 bridgehead atoms. The fourth-order valence-corrected chi connectivity index (χ4v) is 2.71. The van der Waals surface area contributed by atoms with Gasteiger partial charge in [0.2, 0.25) is 0 Å². The summed E-state index contributed by atoms with van der Waals surface area (Å²) < 4.78 is 0. The number of hydrogen-bond donors (Lipinski definition) is 1. The lowest BCUT2D eigenvalue weighted by molar-refractivity contribution is 0.0904. The number of aromatic nitrogens is 1. The van der Waals surface area contributed by atoms with Gasteiger partial charge in [0.15, 0.2) is 0 Å². The number of pyridine rings is 1. The number of amides is 1. The predicted octanol–water partition coefficient (Wildman–Crippen LogP) is 4.09. The van der Waals surface area contributed by atoms with Gasteiger partial charge in [0.05, 0.1) is 5.02 Å². The van der Waals surface area contributed by atoms with Crippen LogP contribution in [0.1, 0.15) is 50.0 Å². The second kappa shape index (κ2) is 5.68. The monoisotopic (exact) mass is 300 g/mol. The maximum absolute atomic E-state index is 12.1. The Hall–Kier alpha value is -0.800. The molecular formula is C14H18Cl2N2O. The number of carbonyl (C=O) groups is 1. The van der Waals surface area contributed by atoms with Gasteiger partial charge in [-0.05, 0) is 43.2 Å². The summed E-state index contributed by atoms with van der Waals surface area (Å²) in [7, 11) is 0. The van der Waals surface area contributed by atoms with Crippen molar-refractivity contribution < 1.29 is 4.79 Å². The third-order valence-electron chi connectivity index (χ3n) is 3.70. The Kier molecular flexibility index (Phi) is 4.36. The highest BCUT2D eigenvalue weighted by Gasteiger charge is 2.28. The minimum absolute atomic E-state index is 0.206. The lowest BCUT2D eigenvalue weighted by Crippen LogP contribution is -2.39. The fourth-order valence-electron chi connectivity index (χ4n) is 2.37. The van der Waals surface area contributed by atoms with E-state index in [1.807, 2.05) is 0 Å². The van der Waals surface area contributed by atoms with Gasteiger partial charge in [0, 0.05) is 6.04 Å². The molecule has 1 fully saturated rings. The van der Waals surface area contributed by atoms with E-state index in [9.17, 15) is 4.79 Å². The van der Waals surface area contributed by atoms with E-state index in [0.717, 1.165) is 25.7 Å². The van der Waals surface area contributed by atoms with Gasteiger partial charge in [-0.2, -0.15) is 0 Å². The molecule has 1 heterocycles. The highest BCUT2D eigenvalue weighted by Crippen LogP contribution is 2.35. The van der Waals surface area contributed by atoms with Crippen molar-refractivity contribution in [3.8, 4) is 0 Å². The number of nitrogens with one attached hydrogen (secondary N) is 1. The molecule has 19 heavy (non-hydrogen) atoms. The Labute approximate surface area is 123 Å². The van der Waals surface area contributed by atoms with Gasteiger partial charge in [-0.15, -0.1) is 0 Å². The van der Waals surface area contributed by atoms with Crippen LogP contribution in [0.5, 0.6) is 0 Å². The number of halogens is 2. The molecule has 1 N–H and O–H groups in total. The van der Waals surface area contributed by atoms with Crippen LogP contribution in [0.15, 0.2) is 12.1 Å². The molecule has 1 amide bonds. The Morgan fingerprint density at radius 1 is 1.32 bits per heavy atom. The van der Waals surface area contributed by atoms with Gasteiger partial charge >= 0.3 is 0 Å². The number of rotatable bonds is 2. The smallest absolute Gasteiger partial charge is 0.271 e. The Bertz CT molecular complexity index is 478. The van der Waals surface area contributed by atoms with Crippen LogP contribution >= 0.6 is 23.2 Å². The first kappa shape index (κ1) is 14.6. The largest absolute Gasteiger partial charge is 0.348 e. The Morgan fingerprint density at radius 3 is 2.58 bits per heavy atom. The van der Waals surface area contributed by atoms with Crippen LogP contribution in [-0.2, 0) is 0 Å². The molecule has 1 aliphatic rings. The standard InChI is InChI=1S/C14H18Cl2N2O/c1-14(2)7-5-9(6-8-14)17-13(19)12-10(15)3-4-11(16)18-12/h3-4,9H,5-8H2,1-2H3,(H,17,19). The summed E-state index contributed by atoms with van der Waals surface area (Å²) in [4.78, 5) is 16.1. The number of carbonyl (C=O) groups excluding carboxylic acids is 1. The zero-order valence-electron chi connectivity index (χ0n) is 11.2. The van der Waals surface area contributed by atoms with Crippen molar-refractivity contribution in [2.24, 2.45) is 5.41 Å². The second-order valence-electron chi connectivity index (χ2n) is 5.88. The summed E-state index contributed by atoms with van der Waals surface area (Å²) in [5.74, 6) is -0.239. The van der Waals surface area contributed by atoms with Crippen molar-refractivity contribution in [3.05, 3.63) is 28.0 Å². The van der Waals surface area contributed by atoms with Gasteiger partial charge in [0.25, 0.3) is 5.91 Å². The average Bonchev–Trinajstić information content (AvgIpc) is 2.35. The fraction of sp³-hybridized carbons (Fsp3) is 0.571. The van der Waals surface area contributed by atoms with Gasteiger partial charge in [-0.3, -0.25) is 4.79 Å². The van der Waals surface area contributed by atoms with E-state index in [-0.39, 0.29) is 22.8 Å². The summed E-state index contributed by atoms with van der Waals surface area (Å²) in [6, 6.07) is 3.37. The molecule has 1 saturated carbocycles. The Morgan fingerprint density at radius 2 is 1.95 bits per heavy atom. The van der Waals surface area contributed by atoms with Gasteiger partial charge in [-0.25, -0.2) is 4.98 Å². The van der Waals surface area contributed by atoms with Crippen molar-refractivity contribution >= 4 is 29.1 Å². The van der Waals surface area contributed by atoms with Crippen molar-refractivity contribution in [1.29, 1.82) is 0 Å². The molecule has 0 saturated heterocycles. The molecule has 1 aliphatic carbocycles. The molecule has 3 nitrogen and oxygen atoms in total. The van der Waals surface area contributed by atoms with Gasteiger partial charge in [-0.1, -0.05) is 37.0 Å². The molecule has 2 rings (SSSR count). The van der Waals surface area contributed by atoms with Gasteiger partial charge in [0.1, 0.15) is 10.8 Å². The van der Waals surface area contributed by atoms with E-state index in [0.29, 0.717) is 10.4 Å². The molecule has 0 aromatic carbocycles. The van der Waals surface area contributed by atoms with E-state index in [1.165, 1.54) is 0 Å². The first-order valence-electron chi connectivity index (χ1n) is 6.50. The SMILES string of the molecule is CC1(C)CCC(NC(=O)c2nc(Cl)ccc2Cl)CC1. The number of nitrogens with zero attached hydrogens (tertiary/aromatic N) is 1. The summed E-state index contributed by atoms with van der Waals surface area (Å²) in [6.07, 6.45) is 4.23. The Balaban J connectivity index is 2.00. The maximum Gasteiger partial charge on any atom is 0.271 e. The molecule has 0 spiro atoms. The van der Waals surface area contributed by atoms with E-state index in [1.54, 1.807) is 12.1 Å². The van der Waals surface area contributed by atoms with Crippen molar-refractivity contribution in [1.82, 2.24) is 10.3 Å². The molecule has 1 aromatic rings. The van der Waals surface area contributed by atoms with Gasteiger partial charge < -0.3 is 5.32 Å². The van der Waals surface area contributed by atoms with Crippen molar-refractivity contribution in [3.63, 3.8) is 0 Å². The topological polar surface area (TPSA) is 42.0 Å². The van der Waals surface area contributed by atoms with Crippen molar-refractivity contribution in [2.75, 3.05) is 0 Å². The lowest BCUT2D eigenvalue weighted by atomic mass is 9.75. The first-order valence-corrected chi connectivity index (χ1v) is 7.26. The summed E-state index contributed by atoms with van der Waals surface area (Å²) in [6.45, 7) is 4.53. The zero-order chi connectivity index (χ0) is 14.0. The normalized spacial score (nSPS) is 19.2. The molecule has 0 aliphatic heterocycles. The van der Waals surface area contributed by atoms with Crippen LogP contribution in [0.4, 0.5) is 0 Å². The van der Waals surface area contributed by atoms with Crippen LogP contribution in [0.25, 0.3) is 0 Å². The summed E-state index contributed by atoms with van der Waals surface area (Å²) >= 11 is 11.8. The van der Waals surface area contributed by atoms with Crippen LogP contribution in [0.2, 0.25) is 10.2 Å². The van der Waals surface area contributed by atoms with Crippen LogP contribution in [0.3, 0.4) is 0 Å². The zero-order valence-corrected chi connectivity index (χ0v) is 12.7. The molecule has 0 unspecified atom stereocenters. The molecular weight excluding hydrogens is 283 g/mol. The van der Waals surface area contributed by atoms with Crippen LogP contribution < -0.4 is 5.32 Å². The third kappa shape index (κ3) is 3.83. The van der Waals surface area contributed by atoms with E-state index in [2.05, 4.69) is 24.1 Å². The molecule has 5 heteroatoms. The first-order chi connectivity index (χ1) is 8.87. The quantitative estimate of drug-likeness (QED) is 0.836. The third-order valence-corrected chi connectivity index (χ3v) is 4.22. The second-order valence-corrected chi connectivity index (χ2v) is 6.67. The summed E-state index contributed by atoms with van der Waals surface area (Å²) in [5, 5.41) is 3.61. The summed E-state index contributed by atoms with van der Waals surface area (Å²) in [5.41, 5.74) is 0.590. The highest BCUT2D eigenvalue weighted by molar-refractivity contribution is 6.34. The maximum atomic E-state index is 12.1. The number of hydrogen-bond acceptors (Lipinski definition) is 2. The minimum atomic E-state index is -0.239. The van der Waals surface area contributed by atoms with Crippen LogP contribution in [-0.4, -0.2) is 16.9 Å². The molecule has 104 valence electrons. The highest BCUT2D eigenvalue weighted by atomic mass is 35.5. The van der Waals surface area contributed by atoms with Crippen molar-refractivity contribution in [2.45, 2.75) is 45.6 Å². The average molecular weight is 301 g/mol. The van der Waals surface area contributed by atoms with E-state index in [4.69, 9.17) is 23.2 Å². The van der Waals surface area contributed by atoms with E-state index >= 15 is 0 Å². The predicted molar refractivity (Wildman–Crippen MR) is 77.8 cm³/mol. The molecule has 0 radical (unpaired) electrons. The molecule has 0 atom stereocenters. The van der Waals surface area contributed by atoms with E-state index < -0.39 is 0 Å². The molecule has 1 aromatic heterocycles.